The molecule has 0 radical (unpaired) electrons. The third-order valence-electron chi connectivity index (χ3n) is 4.50. The summed E-state index contributed by atoms with van der Waals surface area (Å²) in [4.78, 5) is 3.48. The van der Waals surface area contributed by atoms with Crippen molar-refractivity contribution in [3.05, 3.63) is 76.6 Å². The van der Waals surface area contributed by atoms with Gasteiger partial charge in [-0.15, -0.1) is 0 Å². The number of rotatable bonds is 2. The Morgan fingerprint density at radius 2 is 1.30 bits per heavy atom. The molecule has 1 fully saturated rings. The zero-order chi connectivity index (χ0) is 16.1. The lowest BCUT2D eigenvalue weighted by Gasteiger charge is -2.16. The minimum Gasteiger partial charge on any atom is -0.508 e. The second-order valence-corrected chi connectivity index (χ2v) is 6.10. The summed E-state index contributed by atoms with van der Waals surface area (Å²) < 4.78 is 0. The molecule has 1 aliphatic carbocycles. The summed E-state index contributed by atoms with van der Waals surface area (Å²) in [5.74, 6) is 0.294. The van der Waals surface area contributed by atoms with Crippen LogP contribution in [0.5, 0.6) is 5.75 Å². The van der Waals surface area contributed by atoms with Crippen molar-refractivity contribution in [2.75, 3.05) is 0 Å². The molecule has 0 aliphatic heterocycles. The molecule has 1 aliphatic rings. The van der Waals surface area contributed by atoms with Gasteiger partial charge in [-0.1, -0.05) is 54.8 Å². The van der Waals surface area contributed by atoms with Gasteiger partial charge in [-0.25, -0.2) is 4.85 Å². The van der Waals surface area contributed by atoms with Crippen LogP contribution < -0.4 is 0 Å². The Morgan fingerprint density at radius 1 is 0.783 bits per heavy atom. The van der Waals surface area contributed by atoms with Crippen LogP contribution in [0.2, 0.25) is 0 Å². The summed E-state index contributed by atoms with van der Waals surface area (Å²) >= 11 is 0. The molecule has 3 rings (SSSR count). The van der Waals surface area contributed by atoms with E-state index in [1.807, 2.05) is 36.4 Å². The molecule has 0 aromatic heterocycles. The molecule has 0 saturated heterocycles. The summed E-state index contributed by atoms with van der Waals surface area (Å²) in [5, 5.41) is 9.58. The molecule has 2 heteroatoms. The van der Waals surface area contributed by atoms with Crippen LogP contribution in [-0.4, -0.2) is 5.11 Å². The molecule has 0 spiro atoms. The SMILES string of the molecule is [C-]#[N+]c1ccc(C(=C2CCCCCC2)c2ccc(O)cc2)cc1. The molecule has 116 valence electrons. The van der Waals surface area contributed by atoms with E-state index in [9.17, 15) is 5.11 Å². The first-order valence-electron chi connectivity index (χ1n) is 8.27. The van der Waals surface area contributed by atoms with Gasteiger partial charge in [0, 0.05) is 0 Å². The fraction of sp³-hybridized carbons (Fsp3) is 0.286. The Balaban J connectivity index is 2.10. The molecule has 1 N–H and O–H groups in total. The predicted molar refractivity (Wildman–Crippen MR) is 94.5 cm³/mol. The van der Waals surface area contributed by atoms with Gasteiger partial charge in [0.05, 0.1) is 6.57 Å². The van der Waals surface area contributed by atoms with Crippen molar-refractivity contribution in [3.63, 3.8) is 0 Å². The minimum atomic E-state index is 0.294. The van der Waals surface area contributed by atoms with Gasteiger partial charge < -0.3 is 5.11 Å². The van der Waals surface area contributed by atoms with Gasteiger partial charge in [0.1, 0.15) is 5.75 Å². The van der Waals surface area contributed by atoms with Crippen LogP contribution in [0.15, 0.2) is 54.1 Å². The van der Waals surface area contributed by atoms with Gasteiger partial charge in [-0.05, 0) is 54.5 Å². The van der Waals surface area contributed by atoms with Crippen molar-refractivity contribution in [2.45, 2.75) is 38.5 Å². The molecule has 0 bridgehead atoms. The molecule has 1 saturated carbocycles. The second-order valence-electron chi connectivity index (χ2n) is 6.10. The molecular weight excluding hydrogens is 282 g/mol. The normalized spacial score (nSPS) is 14.8. The van der Waals surface area contributed by atoms with E-state index < -0.39 is 0 Å². The standard InChI is InChI=1S/C21H21NO/c1-22-19-12-8-17(9-13-19)21(16-6-4-2-3-5-7-16)18-10-14-20(23)15-11-18/h8-15,23H,2-7H2. The van der Waals surface area contributed by atoms with E-state index in [-0.39, 0.29) is 0 Å². The minimum absolute atomic E-state index is 0.294. The number of allylic oxidation sites excluding steroid dienone is 1. The van der Waals surface area contributed by atoms with E-state index in [4.69, 9.17) is 6.57 Å². The molecule has 0 amide bonds. The zero-order valence-corrected chi connectivity index (χ0v) is 13.3. The van der Waals surface area contributed by atoms with Gasteiger partial charge in [0.25, 0.3) is 0 Å². The van der Waals surface area contributed by atoms with Gasteiger partial charge >= 0.3 is 0 Å². The number of nitrogens with zero attached hydrogens (tertiary/aromatic N) is 1. The Morgan fingerprint density at radius 3 is 1.83 bits per heavy atom. The fourth-order valence-electron chi connectivity index (χ4n) is 3.31. The van der Waals surface area contributed by atoms with Crippen LogP contribution >= 0.6 is 0 Å². The van der Waals surface area contributed by atoms with Crippen molar-refractivity contribution in [2.24, 2.45) is 0 Å². The number of benzene rings is 2. The van der Waals surface area contributed by atoms with Gasteiger partial charge in [0.15, 0.2) is 5.69 Å². The highest BCUT2D eigenvalue weighted by molar-refractivity contribution is 5.83. The molecular formula is C21H21NO. The molecule has 23 heavy (non-hydrogen) atoms. The summed E-state index contributed by atoms with van der Waals surface area (Å²) in [7, 11) is 0. The Hall–Kier alpha value is -2.53. The average molecular weight is 303 g/mol. The van der Waals surface area contributed by atoms with Crippen LogP contribution in [0.4, 0.5) is 5.69 Å². The molecule has 0 atom stereocenters. The summed E-state index contributed by atoms with van der Waals surface area (Å²) in [5.41, 5.74) is 5.77. The number of phenols is 1. The third kappa shape index (κ3) is 3.63. The molecule has 0 heterocycles. The van der Waals surface area contributed by atoms with E-state index >= 15 is 0 Å². The quantitative estimate of drug-likeness (QED) is 0.526. The van der Waals surface area contributed by atoms with E-state index in [1.165, 1.54) is 42.4 Å². The lowest BCUT2D eigenvalue weighted by molar-refractivity contribution is 0.475. The summed E-state index contributed by atoms with van der Waals surface area (Å²) in [6.45, 7) is 7.12. The van der Waals surface area contributed by atoms with Crippen molar-refractivity contribution < 1.29 is 5.11 Å². The highest BCUT2D eigenvalue weighted by Gasteiger charge is 2.14. The van der Waals surface area contributed by atoms with Gasteiger partial charge in [0.2, 0.25) is 0 Å². The van der Waals surface area contributed by atoms with Crippen LogP contribution in [0.25, 0.3) is 10.4 Å². The lowest BCUT2D eigenvalue weighted by Crippen LogP contribution is -1.95. The first-order valence-corrected chi connectivity index (χ1v) is 8.27. The highest BCUT2D eigenvalue weighted by Crippen LogP contribution is 2.35. The molecule has 2 aromatic rings. The summed E-state index contributed by atoms with van der Waals surface area (Å²) in [6.07, 6.45) is 7.39. The number of hydrogen-bond donors (Lipinski definition) is 1. The number of phenolic OH excluding ortho intramolecular Hbond substituents is 1. The Kier molecular flexibility index (Phi) is 4.78. The first kappa shape index (κ1) is 15.4. The van der Waals surface area contributed by atoms with Gasteiger partial charge in [-0.2, -0.15) is 0 Å². The van der Waals surface area contributed by atoms with Gasteiger partial charge in [-0.3, -0.25) is 0 Å². The van der Waals surface area contributed by atoms with Crippen LogP contribution in [0.3, 0.4) is 0 Å². The van der Waals surface area contributed by atoms with E-state index in [0.29, 0.717) is 11.4 Å². The second kappa shape index (κ2) is 7.15. The molecule has 2 aromatic carbocycles. The van der Waals surface area contributed by atoms with Crippen molar-refractivity contribution in [1.82, 2.24) is 0 Å². The monoisotopic (exact) mass is 303 g/mol. The first-order chi connectivity index (χ1) is 11.3. The number of aromatic hydroxyl groups is 1. The Labute approximate surface area is 137 Å². The lowest BCUT2D eigenvalue weighted by atomic mass is 9.89. The third-order valence-corrected chi connectivity index (χ3v) is 4.50. The average Bonchev–Trinajstić information content (AvgIpc) is 2.87. The number of hydrogen-bond acceptors (Lipinski definition) is 1. The molecule has 2 nitrogen and oxygen atoms in total. The smallest absolute Gasteiger partial charge is 0.187 e. The van der Waals surface area contributed by atoms with Crippen LogP contribution in [-0.2, 0) is 0 Å². The maximum Gasteiger partial charge on any atom is 0.187 e. The summed E-state index contributed by atoms with van der Waals surface area (Å²) in [6, 6.07) is 15.4. The van der Waals surface area contributed by atoms with Crippen molar-refractivity contribution in [1.29, 1.82) is 0 Å². The van der Waals surface area contributed by atoms with Crippen molar-refractivity contribution >= 4 is 11.3 Å². The fourth-order valence-corrected chi connectivity index (χ4v) is 3.31. The van der Waals surface area contributed by atoms with E-state index in [2.05, 4.69) is 4.85 Å². The highest BCUT2D eigenvalue weighted by atomic mass is 16.3. The van der Waals surface area contributed by atoms with Crippen LogP contribution in [0.1, 0.15) is 49.7 Å². The van der Waals surface area contributed by atoms with E-state index in [0.717, 1.165) is 18.4 Å². The van der Waals surface area contributed by atoms with Crippen molar-refractivity contribution in [3.8, 4) is 5.75 Å². The maximum absolute atomic E-state index is 9.58. The largest absolute Gasteiger partial charge is 0.508 e. The topological polar surface area (TPSA) is 24.6 Å². The molecule has 0 unspecified atom stereocenters. The zero-order valence-electron chi connectivity index (χ0n) is 13.3. The van der Waals surface area contributed by atoms with E-state index in [1.54, 1.807) is 12.1 Å². The maximum atomic E-state index is 9.58. The Bertz CT molecular complexity index is 723. The van der Waals surface area contributed by atoms with Crippen LogP contribution in [0, 0.1) is 6.57 Å². The predicted octanol–water partition coefficient (Wildman–Crippen LogP) is 6.10.